The van der Waals surface area contributed by atoms with Gasteiger partial charge in [-0.3, -0.25) is 23.4 Å². The zero-order valence-electron chi connectivity index (χ0n) is 36.3. The molecule has 334 valence electrons. The number of aliphatic carboxylic acids is 1. The quantitative estimate of drug-likeness (QED) is 0.0200. The van der Waals surface area contributed by atoms with Crippen LogP contribution in [0.5, 0.6) is 0 Å². The molecule has 3 atom stereocenters. The van der Waals surface area contributed by atoms with Gasteiger partial charge in [0.15, 0.2) is 0 Å². The fraction of sp³-hybridized carbons (Fsp3) is 0.844. The number of esters is 1. The Morgan fingerprint density at radius 3 is 1.72 bits per heavy atom. The molecule has 0 fully saturated rings. The fourth-order valence-electron chi connectivity index (χ4n) is 6.91. The molecular formula is C45H85N2O9P. The fourth-order valence-corrected chi connectivity index (χ4v) is 7.67. The molecule has 12 heteroatoms. The van der Waals surface area contributed by atoms with E-state index in [0.29, 0.717) is 32.2 Å². The van der Waals surface area contributed by atoms with Crippen molar-refractivity contribution in [1.82, 2.24) is 5.32 Å². The highest BCUT2D eigenvalue weighted by atomic mass is 31.2. The third kappa shape index (κ3) is 40.5. The molecule has 1 amide bonds. The molecule has 0 aliphatic heterocycles. The number of carbonyl (C=O) groups is 3. The summed E-state index contributed by atoms with van der Waals surface area (Å²) in [5, 5.41) is 11.3. The molecule has 0 aliphatic rings. The summed E-state index contributed by atoms with van der Waals surface area (Å²) in [4.78, 5) is 43.7. The second kappa shape index (κ2) is 40.7. The van der Waals surface area contributed by atoms with E-state index in [9.17, 15) is 23.8 Å². The number of hydrogen-bond donors (Lipinski definition) is 4. The van der Waals surface area contributed by atoms with Crippen molar-refractivity contribution in [2.75, 3.05) is 32.9 Å². The summed E-state index contributed by atoms with van der Waals surface area (Å²) in [6, 6.07) is 0. The SMILES string of the molecule is CCCC(CCCCC=CCCCCCCCC(=O)OCCCOP(=O)(O)OCCNC(=O)CCCN)C(C)CCCCCCC=CCCCCCCCC(=O)O. The average Bonchev–Trinajstić information content (AvgIpc) is 3.18. The van der Waals surface area contributed by atoms with E-state index in [1.54, 1.807) is 0 Å². The predicted octanol–water partition coefficient (Wildman–Crippen LogP) is 11.5. The number of carboxylic acid groups (broad SMARTS) is 1. The average molecular weight is 829 g/mol. The number of unbranched alkanes of at least 4 members (excludes halogenated alkanes) is 16. The lowest BCUT2D eigenvalue weighted by Crippen LogP contribution is -2.27. The first-order valence-corrected chi connectivity index (χ1v) is 24.4. The van der Waals surface area contributed by atoms with Crippen molar-refractivity contribution in [3.8, 4) is 0 Å². The summed E-state index contributed by atoms with van der Waals surface area (Å²) in [6.45, 7) is 5.21. The van der Waals surface area contributed by atoms with Gasteiger partial charge in [-0.05, 0) is 89.0 Å². The number of carbonyl (C=O) groups excluding carboxylic acids is 2. The Kier molecular flexibility index (Phi) is 39.3. The Bertz CT molecular complexity index is 1070. The lowest BCUT2D eigenvalue weighted by atomic mass is 9.82. The molecule has 5 N–H and O–H groups in total. The molecule has 0 heterocycles. The largest absolute Gasteiger partial charge is 0.481 e. The van der Waals surface area contributed by atoms with Gasteiger partial charge >= 0.3 is 19.8 Å². The van der Waals surface area contributed by atoms with Gasteiger partial charge in [-0.15, -0.1) is 0 Å². The van der Waals surface area contributed by atoms with Gasteiger partial charge in [-0.25, -0.2) is 4.57 Å². The highest BCUT2D eigenvalue weighted by molar-refractivity contribution is 7.47. The maximum Gasteiger partial charge on any atom is 0.472 e. The molecule has 0 aromatic rings. The molecule has 0 aliphatic carbocycles. The van der Waals surface area contributed by atoms with E-state index < -0.39 is 13.8 Å². The summed E-state index contributed by atoms with van der Waals surface area (Å²) < 4.78 is 26.8. The number of carboxylic acids is 1. The van der Waals surface area contributed by atoms with E-state index in [1.807, 2.05) is 0 Å². The standard InChI is InChI=1S/C45H85N2O9P/c1-3-30-42(41(2)31-24-20-16-12-8-5-4-6-10-14-18-22-26-34-44(49)50)32-25-21-17-13-9-7-11-15-19-23-27-35-45(51)54-38-29-39-55-57(52,53)56-40-37-47-43(48)33-28-36-46/h4-5,9,13,41-42H,3,6-8,10-12,14-40,46H2,1-2H3,(H,47,48)(H,49,50)(H,52,53). The summed E-state index contributed by atoms with van der Waals surface area (Å²) in [6.07, 6.45) is 39.9. The molecule has 0 saturated carbocycles. The molecule has 57 heavy (non-hydrogen) atoms. The molecule has 0 spiro atoms. The van der Waals surface area contributed by atoms with Crippen LogP contribution >= 0.6 is 7.82 Å². The van der Waals surface area contributed by atoms with E-state index in [-0.39, 0.29) is 44.7 Å². The zero-order valence-corrected chi connectivity index (χ0v) is 37.2. The highest BCUT2D eigenvalue weighted by Crippen LogP contribution is 2.42. The summed E-state index contributed by atoms with van der Waals surface area (Å²) >= 11 is 0. The number of phosphoric acid groups is 1. The number of nitrogens with two attached hydrogens (primary N) is 1. The van der Waals surface area contributed by atoms with Crippen molar-refractivity contribution in [3.05, 3.63) is 24.3 Å². The smallest absolute Gasteiger partial charge is 0.472 e. The molecule has 0 bridgehead atoms. The summed E-state index contributed by atoms with van der Waals surface area (Å²) in [5.41, 5.74) is 5.35. The molecule has 3 unspecified atom stereocenters. The third-order valence-electron chi connectivity index (χ3n) is 10.4. The number of rotatable bonds is 43. The van der Waals surface area contributed by atoms with Crippen molar-refractivity contribution in [1.29, 1.82) is 0 Å². The van der Waals surface area contributed by atoms with Gasteiger partial charge in [0.2, 0.25) is 5.91 Å². The number of ether oxygens (including phenoxy) is 1. The number of amides is 1. The number of hydrogen-bond acceptors (Lipinski definition) is 8. The van der Waals surface area contributed by atoms with Crippen LogP contribution in [0.2, 0.25) is 0 Å². The minimum atomic E-state index is -4.22. The zero-order chi connectivity index (χ0) is 42.1. The molecule has 0 aromatic heterocycles. The van der Waals surface area contributed by atoms with Crippen molar-refractivity contribution in [2.24, 2.45) is 17.6 Å². The second-order valence-electron chi connectivity index (χ2n) is 15.7. The Hall–Kier alpha value is -2.04. The van der Waals surface area contributed by atoms with Gasteiger partial charge in [-0.2, -0.15) is 0 Å². The van der Waals surface area contributed by atoms with Crippen molar-refractivity contribution in [2.45, 2.75) is 200 Å². The number of phosphoric ester groups is 1. The molecule has 0 saturated heterocycles. The van der Waals surface area contributed by atoms with E-state index >= 15 is 0 Å². The van der Waals surface area contributed by atoms with E-state index in [4.69, 9.17) is 24.6 Å². The van der Waals surface area contributed by atoms with Crippen molar-refractivity contribution < 1.29 is 42.7 Å². The Balaban J connectivity index is 3.69. The maximum atomic E-state index is 12.0. The minimum absolute atomic E-state index is 0.0811. The first kappa shape index (κ1) is 55.0. The van der Waals surface area contributed by atoms with Crippen molar-refractivity contribution in [3.63, 3.8) is 0 Å². The summed E-state index contributed by atoms with van der Waals surface area (Å²) in [7, 11) is -4.22. The van der Waals surface area contributed by atoms with Crippen LogP contribution in [0.4, 0.5) is 0 Å². The van der Waals surface area contributed by atoms with E-state index in [0.717, 1.165) is 69.6 Å². The van der Waals surface area contributed by atoms with E-state index in [2.05, 4.69) is 43.5 Å². The van der Waals surface area contributed by atoms with Gasteiger partial charge in [-0.1, -0.05) is 128 Å². The predicted molar refractivity (Wildman–Crippen MR) is 233 cm³/mol. The van der Waals surface area contributed by atoms with E-state index in [1.165, 1.54) is 96.3 Å². The Labute approximate surface area is 347 Å². The van der Waals surface area contributed by atoms with Gasteiger partial charge < -0.3 is 25.8 Å². The molecule has 11 nitrogen and oxygen atoms in total. The maximum absolute atomic E-state index is 12.0. The van der Waals surface area contributed by atoms with Crippen LogP contribution in [0.3, 0.4) is 0 Å². The van der Waals surface area contributed by atoms with Crippen LogP contribution < -0.4 is 11.1 Å². The lowest BCUT2D eigenvalue weighted by molar-refractivity contribution is -0.144. The van der Waals surface area contributed by atoms with Crippen molar-refractivity contribution >= 4 is 25.7 Å². The topological polar surface area (TPSA) is 174 Å². The number of allylic oxidation sites excluding steroid dienone is 4. The molecular weight excluding hydrogens is 743 g/mol. The Morgan fingerprint density at radius 1 is 0.632 bits per heavy atom. The first-order chi connectivity index (χ1) is 27.6. The summed E-state index contributed by atoms with van der Waals surface area (Å²) in [5.74, 6) is 0.551. The van der Waals surface area contributed by atoms with Gasteiger partial charge in [0.25, 0.3) is 0 Å². The Morgan fingerprint density at radius 2 is 1.14 bits per heavy atom. The van der Waals surface area contributed by atoms with Crippen LogP contribution in [0, 0.1) is 11.8 Å². The first-order valence-electron chi connectivity index (χ1n) is 22.9. The monoisotopic (exact) mass is 829 g/mol. The molecule has 0 rings (SSSR count). The van der Waals surface area contributed by atoms with Crippen LogP contribution in [-0.4, -0.2) is 60.8 Å². The highest BCUT2D eigenvalue weighted by Gasteiger charge is 2.20. The molecule has 0 radical (unpaired) electrons. The number of nitrogens with one attached hydrogen (secondary N) is 1. The third-order valence-corrected chi connectivity index (χ3v) is 11.4. The lowest BCUT2D eigenvalue weighted by Gasteiger charge is -2.23. The molecule has 0 aromatic carbocycles. The van der Waals surface area contributed by atoms with Gasteiger partial charge in [0, 0.05) is 32.2 Å². The van der Waals surface area contributed by atoms with Crippen LogP contribution in [-0.2, 0) is 32.7 Å². The van der Waals surface area contributed by atoms with Crippen LogP contribution in [0.25, 0.3) is 0 Å². The van der Waals surface area contributed by atoms with Gasteiger partial charge in [0.1, 0.15) is 0 Å². The van der Waals surface area contributed by atoms with Crippen LogP contribution in [0.1, 0.15) is 200 Å². The second-order valence-corrected chi connectivity index (χ2v) is 17.2. The van der Waals surface area contributed by atoms with Gasteiger partial charge in [0.05, 0.1) is 19.8 Å². The van der Waals surface area contributed by atoms with Crippen LogP contribution in [0.15, 0.2) is 24.3 Å². The normalized spacial score (nSPS) is 13.9. The minimum Gasteiger partial charge on any atom is -0.481 e.